The van der Waals surface area contributed by atoms with Crippen LogP contribution < -0.4 is 15.4 Å². The lowest BCUT2D eigenvalue weighted by Gasteiger charge is -2.12. The summed E-state index contributed by atoms with van der Waals surface area (Å²) in [4.78, 5) is 24.6. The fourth-order valence-corrected chi connectivity index (χ4v) is 3.52. The van der Waals surface area contributed by atoms with Crippen LogP contribution in [0.2, 0.25) is 0 Å². The lowest BCUT2D eigenvalue weighted by Crippen LogP contribution is -2.40. The van der Waals surface area contributed by atoms with Crippen molar-refractivity contribution >= 4 is 17.3 Å². The first-order valence-electron chi connectivity index (χ1n) is 9.49. The van der Waals surface area contributed by atoms with E-state index >= 15 is 0 Å². The van der Waals surface area contributed by atoms with Crippen LogP contribution in [0.4, 0.5) is 8.78 Å². The van der Waals surface area contributed by atoms with Crippen LogP contribution in [0.15, 0.2) is 30.3 Å². The van der Waals surface area contributed by atoms with Crippen molar-refractivity contribution in [2.45, 2.75) is 32.9 Å². The minimum Gasteiger partial charge on any atom is -0.473 e. The molecule has 3 aromatic rings. The lowest BCUT2D eigenvalue weighted by molar-refractivity contribution is -0.120. The standard InChI is InChI=1S/C21H20F2N4O3/c1-11-8-17-19(21(29)25-16-6-7-24-20(16)28)12(2)26-27(17)18(9-11)30-10-13-14(22)4-3-5-15(13)23/h3-5,8-9,16H,6-7,10H2,1-2H3,(H,24,28)(H,25,29). The van der Waals surface area contributed by atoms with E-state index in [0.717, 1.165) is 17.7 Å². The van der Waals surface area contributed by atoms with Crippen LogP contribution >= 0.6 is 0 Å². The third kappa shape index (κ3) is 3.58. The SMILES string of the molecule is Cc1cc(OCc2c(F)cccc2F)n2nc(C)c(C(=O)NC3CCNC3=O)c2c1. The number of benzene rings is 1. The molecule has 2 N–H and O–H groups in total. The van der Waals surface area contributed by atoms with Gasteiger partial charge in [0.15, 0.2) is 0 Å². The smallest absolute Gasteiger partial charge is 0.256 e. The van der Waals surface area contributed by atoms with Gasteiger partial charge < -0.3 is 15.4 Å². The Balaban J connectivity index is 1.66. The predicted molar refractivity (Wildman–Crippen MR) is 104 cm³/mol. The number of hydrogen-bond donors (Lipinski definition) is 2. The van der Waals surface area contributed by atoms with Gasteiger partial charge in [0.25, 0.3) is 5.91 Å². The van der Waals surface area contributed by atoms with Gasteiger partial charge in [-0.3, -0.25) is 9.59 Å². The molecule has 0 saturated carbocycles. The van der Waals surface area contributed by atoms with E-state index in [0.29, 0.717) is 29.7 Å². The Labute approximate surface area is 171 Å². The van der Waals surface area contributed by atoms with Crippen LogP contribution in [0, 0.1) is 25.5 Å². The lowest BCUT2D eigenvalue weighted by atomic mass is 10.1. The molecule has 7 nitrogen and oxygen atoms in total. The van der Waals surface area contributed by atoms with Gasteiger partial charge in [-0.1, -0.05) is 6.07 Å². The van der Waals surface area contributed by atoms with E-state index in [1.807, 2.05) is 6.92 Å². The number of hydrogen-bond acceptors (Lipinski definition) is 4. The molecule has 2 aromatic heterocycles. The molecule has 1 aliphatic rings. The molecule has 0 bridgehead atoms. The van der Waals surface area contributed by atoms with E-state index in [2.05, 4.69) is 15.7 Å². The second kappa shape index (κ2) is 7.74. The van der Waals surface area contributed by atoms with Gasteiger partial charge in [-0.2, -0.15) is 9.61 Å². The second-order valence-corrected chi connectivity index (χ2v) is 7.22. The fourth-order valence-electron chi connectivity index (χ4n) is 3.52. The second-order valence-electron chi connectivity index (χ2n) is 7.22. The minimum absolute atomic E-state index is 0.193. The van der Waals surface area contributed by atoms with Crippen LogP contribution in [0.25, 0.3) is 5.52 Å². The highest BCUT2D eigenvalue weighted by Crippen LogP contribution is 2.25. The number of aromatic nitrogens is 2. The highest BCUT2D eigenvalue weighted by atomic mass is 19.1. The molecule has 156 valence electrons. The van der Waals surface area contributed by atoms with Crippen molar-refractivity contribution in [3.05, 3.63) is 64.4 Å². The number of aryl methyl sites for hydroxylation is 2. The van der Waals surface area contributed by atoms with Crippen LogP contribution in [-0.2, 0) is 11.4 Å². The van der Waals surface area contributed by atoms with Crippen LogP contribution in [0.1, 0.15) is 33.6 Å². The van der Waals surface area contributed by atoms with Crippen molar-refractivity contribution in [3.63, 3.8) is 0 Å². The molecule has 1 atom stereocenters. The van der Waals surface area contributed by atoms with Gasteiger partial charge in [0.05, 0.1) is 22.3 Å². The Hall–Kier alpha value is -3.49. The van der Waals surface area contributed by atoms with Crippen molar-refractivity contribution in [3.8, 4) is 5.88 Å². The maximum absolute atomic E-state index is 13.9. The number of fused-ring (bicyclic) bond motifs is 1. The van der Waals surface area contributed by atoms with Gasteiger partial charge in [-0.05, 0) is 44.0 Å². The summed E-state index contributed by atoms with van der Waals surface area (Å²) in [5.74, 6) is -1.80. The van der Waals surface area contributed by atoms with Crippen LogP contribution in [0.5, 0.6) is 5.88 Å². The molecule has 30 heavy (non-hydrogen) atoms. The molecule has 0 spiro atoms. The zero-order valence-corrected chi connectivity index (χ0v) is 16.5. The molecule has 1 fully saturated rings. The largest absolute Gasteiger partial charge is 0.473 e. The molecule has 1 unspecified atom stereocenters. The summed E-state index contributed by atoms with van der Waals surface area (Å²) in [5.41, 5.74) is 1.83. The van der Waals surface area contributed by atoms with E-state index in [9.17, 15) is 18.4 Å². The van der Waals surface area contributed by atoms with E-state index in [4.69, 9.17) is 4.74 Å². The number of carbonyl (C=O) groups is 2. The van der Waals surface area contributed by atoms with Crippen LogP contribution in [0.3, 0.4) is 0 Å². The molecule has 0 radical (unpaired) electrons. The van der Waals surface area contributed by atoms with Crippen molar-refractivity contribution in [2.75, 3.05) is 6.54 Å². The average molecular weight is 414 g/mol. The molecule has 1 aromatic carbocycles. The van der Waals surface area contributed by atoms with Crippen molar-refractivity contribution in [1.29, 1.82) is 0 Å². The predicted octanol–water partition coefficient (Wildman–Crippen LogP) is 2.43. The molecule has 0 aliphatic carbocycles. The van der Waals surface area contributed by atoms with E-state index in [1.54, 1.807) is 19.1 Å². The number of pyridine rings is 1. The summed E-state index contributed by atoms with van der Waals surface area (Å²) >= 11 is 0. The first-order valence-corrected chi connectivity index (χ1v) is 9.49. The third-order valence-corrected chi connectivity index (χ3v) is 5.03. The number of ether oxygens (including phenoxy) is 1. The summed E-state index contributed by atoms with van der Waals surface area (Å²) in [6, 6.07) is 6.45. The Bertz CT molecular complexity index is 1140. The normalized spacial score (nSPS) is 16.0. The minimum atomic E-state index is -0.703. The third-order valence-electron chi connectivity index (χ3n) is 5.03. The summed E-state index contributed by atoms with van der Waals surface area (Å²) in [6.07, 6.45) is 0.518. The van der Waals surface area contributed by atoms with Gasteiger partial charge in [-0.15, -0.1) is 0 Å². The topological polar surface area (TPSA) is 84.7 Å². The highest BCUT2D eigenvalue weighted by molar-refractivity contribution is 6.04. The number of nitrogens with one attached hydrogen (secondary N) is 2. The summed E-state index contributed by atoms with van der Waals surface area (Å²) < 4.78 is 34.9. The van der Waals surface area contributed by atoms with Gasteiger partial charge in [-0.25, -0.2) is 8.78 Å². The van der Waals surface area contributed by atoms with E-state index in [1.165, 1.54) is 10.6 Å². The number of halogens is 2. The Morgan fingerprint density at radius 3 is 2.70 bits per heavy atom. The van der Waals surface area contributed by atoms with Gasteiger partial charge >= 0.3 is 0 Å². The molecule has 9 heteroatoms. The fraction of sp³-hybridized carbons (Fsp3) is 0.286. The Morgan fingerprint density at radius 2 is 2.03 bits per heavy atom. The summed E-state index contributed by atoms with van der Waals surface area (Å²) in [7, 11) is 0. The van der Waals surface area contributed by atoms with E-state index in [-0.39, 0.29) is 24.0 Å². The number of carbonyl (C=O) groups excluding carboxylic acids is 2. The average Bonchev–Trinajstić information content (AvgIpc) is 3.23. The zero-order valence-electron chi connectivity index (χ0n) is 16.5. The molecule has 4 rings (SSSR count). The maximum atomic E-state index is 13.9. The van der Waals surface area contributed by atoms with Crippen molar-refractivity contribution in [1.82, 2.24) is 20.2 Å². The monoisotopic (exact) mass is 414 g/mol. The highest BCUT2D eigenvalue weighted by Gasteiger charge is 2.28. The molecule has 1 saturated heterocycles. The first kappa shape index (κ1) is 19.8. The number of amides is 2. The molecular formula is C21H20F2N4O3. The number of rotatable bonds is 5. The Kier molecular flexibility index (Phi) is 5.11. The maximum Gasteiger partial charge on any atom is 0.256 e. The van der Waals surface area contributed by atoms with Gasteiger partial charge in [0.2, 0.25) is 11.8 Å². The van der Waals surface area contributed by atoms with E-state index < -0.39 is 23.6 Å². The quantitative estimate of drug-likeness (QED) is 0.672. The van der Waals surface area contributed by atoms with Gasteiger partial charge in [0, 0.05) is 12.6 Å². The Morgan fingerprint density at radius 1 is 1.30 bits per heavy atom. The summed E-state index contributed by atoms with van der Waals surface area (Å²) in [6.45, 7) is 3.66. The summed E-state index contributed by atoms with van der Waals surface area (Å²) in [5, 5.41) is 9.78. The van der Waals surface area contributed by atoms with Crippen molar-refractivity contribution < 1.29 is 23.1 Å². The first-order chi connectivity index (χ1) is 14.3. The molecule has 1 aliphatic heterocycles. The molecule has 3 heterocycles. The zero-order chi connectivity index (χ0) is 21.4. The van der Waals surface area contributed by atoms with Crippen LogP contribution in [-0.4, -0.2) is 34.0 Å². The molecule has 2 amide bonds. The molecular weight excluding hydrogens is 394 g/mol. The number of nitrogens with zero attached hydrogens (tertiary/aromatic N) is 2. The van der Waals surface area contributed by atoms with Gasteiger partial charge in [0.1, 0.15) is 24.3 Å². The van der Waals surface area contributed by atoms with Crippen molar-refractivity contribution in [2.24, 2.45) is 0 Å².